The van der Waals surface area contributed by atoms with Crippen molar-refractivity contribution in [1.29, 1.82) is 0 Å². The van der Waals surface area contributed by atoms with Crippen molar-refractivity contribution in [3.8, 4) is 0 Å². The maximum atomic E-state index is 13.0. The largest absolute Gasteiger partial charge is 0.481 e. The molecule has 0 unspecified atom stereocenters. The molecular formula is C26H26ClN3O3. The Labute approximate surface area is 197 Å². The number of nitrogens with zero attached hydrogens (tertiary/aromatic N) is 3. The van der Waals surface area contributed by atoms with Crippen LogP contribution in [0.1, 0.15) is 47.9 Å². The molecule has 0 aliphatic carbocycles. The summed E-state index contributed by atoms with van der Waals surface area (Å²) in [6.07, 6.45) is 1.48. The SMILES string of the molecule is Cc1ccc(C2=NN(C(=O)CCCC(=O)O)[C@H](Cc3cc4cccc(C)c4nc3Cl)C2)cc1. The number of aryl methyl sites for hydroxylation is 2. The molecule has 0 bridgehead atoms. The molecule has 1 N–H and O–H groups in total. The predicted molar refractivity (Wildman–Crippen MR) is 130 cm³/mol. The first kappa shape index (κ1) is 22.9. The highest BCUT2D eigenvalue weighted by atomic mass is 35.5. The van der Waals surface area contributed by atoms with E-state index in [1.54, 1.807) is 0 Å². The van der Waals surface area contributed by atoms with Crippen LogP contribution in [0.4, 0.5) is 0 Å². The summed E-state index contributed by atoms with van der Waals surface area (Å²) in [4.78, 5) is 28.4. The fourth-order valence-corrected chi connectivity index (χ4v) is 4.39. The normalized spacial score (nSPS) is 15.7. The number of para-hydroxylation sites is 1. The third kappa shape index (κ3) is 5.22. The number of carboxylic acid groups (broad SMARTS) is 1. The first-order valence-corrected chi connectivity index (χ1v) is 11.4. The number of carbonyl (C=O) groups is 2. The number of aliphatic carboxylic acids is 1. The standard InChI is InChI=1S/C26H26ClN3O3/c1-16-9-11-18(12-10-16)22-15-21(30(29-22)23(31)7-4-8-24(32)33)14-20-13-19-6-3-5-17(2)25(19)28-26(20)27/h3,5-6,9-13,21H,4,7-8,14-15H2,1-2H3,(H,32,33)/t21-/m1/s1. The minimum atomic E-state index is -0.908. The van der Waals surface area contributed by atoms with E-state index < -0.39 is 5.97 Å². The summed E-state index contributed by atoms with van der Waals surface area (Å²) < 4.78 is 0. The zero-order valence-corrected chi connectivity index (χ0v) is 19.5. The number of hydrogen-bond donors (Lipinski definition) is 1. The minimum absolute atomic E-state index is 0.0431. The number of pyridine rings is 1. The Balaban J connectivity index is 1.61. The second-order valence-electron chi connectivity index (χ2n) is 8.55. The molecule has 33 heavy (non-hydrogen) atoms. The number of hydrogen-bond acceptors (Lipinski definition) is 4. The topological polar surface area (TPSA) is 82.9 Å². The average molecular weight is 464 g/mol. The van der Waals surface area contributed by atoms with Gasteiger partial charge < -0.3 is 5.11 Å². The molecule has 7 heteroatoms. The minimum Gasteiger partial charge on any atom is -0.481 e. The Hall–Kier alpha value is -3.25. The number of rotatable bonds is 7. The molecular weight excluding hydrogens is 438 g/mol. The van der Waals surface area contributed by atoms with Gasteiger partial charge in [0, 0.05) is 24.6 Å². The van der Waals surface area contributed by atoms with Crippen molar-refractivity contribution < 1.29 is 14.7 Å². The summed E-state index contributed by atoms with van der Waals surface area (Å²) in [6.45, 7) is 4.03. The molecule has 0 saturated heterocycles. The van der Waals surface area contributed by atoms with E-state index in [2.05, 4.69) is 10.1 Å². The molecule has 1 aliphatic rings. The van der Waals surface area contributed by atoms with Gasteiger partial charge >= 0.3 is 5.97 Å². The molecule has 6 nitrogen and oxygen atoms in total. The molecule has 4 rings (SSSR count). The van der Waals surface area contributed by atoms with Gasteiger partial charge in [0.1, 0.15) is 5.15 Å². The van der Waals surface area contributed by atoms with Gasteiger partial charge in [-0.2, -0.15) is 5.10 Å². The molecule has 1 aromatic heterocycles. The fourth-order valence-electron chi connectivity index (χ4n) is 4.17. The number of halogens is 1. The first-order chi connectivity index (χ1) is 15.8. The summed E-state index contributed by atoms with van der Waals surface area (Å²) >= 11 is 6.55. The van der Waals surface area contributed by atoms with E-state index in [-0.39, 0.29) is 31.2 Å². The third-order valence-corrected chi connectivity index (χ3v) is 6.28. The molecule has 2 aromatic carbocycles. The summed E-state index contributed by atoms with van der Waals surface area (Å²) in [5, 5.41) is 16.5. The molecule has 2 heterocycles. The van der Waals surface area contributed by atoms with Crippen LogP contribution in [0.15, 0.2) is 53.6 Å². The second kappa shape index (κ2) is 9.71. The molecule has 1 aliphatic heterocycles. The molecule has 0 spiro atoms. The first-order valence-electron chi connectivity index (χ1n) is 11.0. The molecule has 0 fully saturated rings. The predicted octanol–water partition coefficient (Wildman–Crippen LogP) is 5.31. The summed E-state index contributed by atoms with van der Waals surface area (Å²) in [6, 6.07) is 15.9. The molecule has 3 aromatic rings. The maximum Gasteiger partial charge on any atom is 0.303 e. The van der Waals surface area contributed by atoms with Crippen LogP contribution in [-0.2, 0) is 16.0 Å². The highest BCUT2D eigenvalue weighted by molar-refractivity contribution is 6.30. The molecule has 0 radical (unpaired) electrons. The summed E-state index contributed by atoms with van der Waals surface area (Å²) in [7, 11) is 0. The van der Waals surface area contributed by atoms with Crippen LogP contribution in [0.3, 0.4) is 0 Å². The van der Waals surface area contributed by atoms with E-state index >= 15 is 0 Å². The number of carboxylic acids is 1. The Morgan fingerprint density at radius 3 is 2.61 bits per heavy atom. The lowest BCUT2D eigenvalue weighted by Gasteiger charge is -2.22. The molecule has 1 atom stereocenters. The smallest absolute Gasteiger partial charge is 0.303 e. The highest BCUT2D eigenvalue weighted by Crippen LogP contribution is 2.29. The molecule has 170 valence electrons. The van der Waals surface area contributed by atoms with E-state index in [0.29, 0.717) is 18.0 Å². The molecule has 0 saturated carbocycles. The van der Waals surface area contributed by atoms with Crippen molar-refractivity contribution in [1.82, 2.24) is 9.99 Å². The Morgan fingerprint density at radius 1 is 1.12 bits per heavy atom. The average Bonchev–Trinajstić information content (AvgIpc) is 3.19. The van der Waals surface area contributed by atoms with Crippen LogP contribution in [0.2, 0.25) is 5.15 Å². The van der Waals surface area contributed by atoms with Gasteiger partial charge in [0.25, 0.3) is 0 Å². The zero-order chi connectivity index (χ0) is 23.5. The van der Waals surface area contributed by atoms with Crippen LogP contribution in [0.25, 0.3) is 10.9 Å². The number of hydrazone groups is 1. The van der Waals surface area contributed by atoms with Crippen LogP contribution >= 0.6 is 11.6 Å². The highest BCUT2D eigenvalue weighted by Gasteiger charge is 2.32. The Morgan fingerprint density at radius 2 is 1.88 bits per heavy atom. The quantitative estimate of drug-likeness (QED) is 0.481. The summed E-state index contributed by atoms with van der Waals surface area (Å²) in [5.41, 5.74) is 5.76. The van der Waals surface area contributed by atoms with Gasteiger partial charge in [-0.15, -0.1) is 0 Å². The van der Waals surface area contributed by atoms with Gasteiger partial charge in [-0.3, -0.25) is 9.59 Å². The van der Waals surface area contributed by atoms with Gasteiger partial charge in [0.05, 0.1) is 17.3 Å². The van der Waals surface area contributed by atoms with Crippen molar-refractivity contribution in [3.05, 3.63) is 75.9 Å². The van der Waals surface area contributed by atoms with Gasteiger partial charge in [-0.05, 0) is 49.4 Å². The Kier molecular flexibility index (Phi) is 6.75. The number of benzene rings is 2. The Bertz CT molecular complexity index is 1240. The van der Waals surface area contributed by atoms with E-state index in [4.69, 9.17) is 16.7 Å². The fraction of sp³-hybridized carbons (Fsp3) is 0.308. The monoisotopic (exact) mass is 463 g/mol. The van der Waals surface area contributed by atoms with Crippen molar-refractivity contribution in [3.63, 3.8) is 0 Å². The lowest BCUT2D eigenvalue weighted by Crippen LogP contribution is -2.34. The number of fused-ring (bicyclic) bond motifs is 1. The van der Waals surface area contributed by atoms with E-state index in [1.165, 1.54) is 5.01 Å². The van der Waals surface area contributed by atoms with Gasteiger partial charge in [0.2, 0.25) is 5.91 Å². The van der Waals surface area contributed by atoms with Crippen molar-refractivity contribution in [2.24, 2.45) is 5.10 Å². The van der Waals surface area contributed by atoms with E-state index in [0.717, 1.165) is 38.9 Å². The van der Waals surface area contributed by atoms with E-state index in [1.807, 2.05) is 62.4 Å². The lowest BCUT2D eigenvalue weighted by atomic mass is 9.97. The van der Waals surface area contributed by atoms with Gasteiger partial charge in [-0.1, -0.05) is 59.6 Å². The van der Waals surface area contributed by atoms with Crippen LogP contribution in [0, 0.1) is 13.8 Å². The van der Waals surface area contributed by atoms with Crippen molar-refractivity contribution in [2.45, 2.75) is 52.0 Å². The van der Waals surface area contributed by atoms with Gasteiger partial charge in [-0.25, -0.2) is 9.99 Å². The zero-order valence-electron chi connectivity index (χ0n) is 18.7. The van der Waals surface area contributed by atoms with Crippen LogP contribution in [-0.4, -0.2) is 38.7 Å². The van der Waals surface area contributed by atoms with Crippen molar-refractivity contribution >= 4 is 40.1 Å². The summed E-state index contributed by atoms with van der Waals surface area (Å²) in [5.74, 6) is -1.09. The second-order valence-corrected chi connectivity index (χ2v) is 8.90. The lowest BCUT2D eigenvalue weighted by molar-refractivity contribution is -0.137. The van der Waals surface area contributed by atoms with Crippen LogP contribution in [0.5, 0.6) is 0 Å². The number of carbonyl (C=O) groups excluding carboxylic acids is 1. The van der Waals surface area contributed by atoms with E-state index in [9.17, 15) is 9.59 Å². The van der Waals surface area contributed by atoms with Crippen molar-refractivity contribution in [2.75, 3.05) is 0 Å². The maximum absolute atomic E-state index is 13.0. The van der Waals surface area contributed by atoms with Crippen LogP contribution < -0.4 is 0 Å². The number of amides is 1. The third-order valence-electron chi connectivity index (χ3n) is 5.95. The molecule has 1 amide bonds. The van der Waals surface area contributed by atoms with Gasteiger partial charge in [0.15, 0.2) is 0 Å². The number of aromatic nitrogens is 1.